The number of fused-ring (bicyclic) bond motifs is 8. The maximum atomic E-state index is 6.71. The molecule has 8 atom stereocenters. The number of hydrogen-bond acceptors (Lipinski definition) is 2. The van der Waals surface area contributed by atoms with Crippen LogP contribution in [0, 0.1) is 0 Å². The van der Waals surface area contributed by atoms with Crippen LogP contribution in [0.15, 0.2) is 121 Å². The Kier molecular flexibility index (Phi) is 14.2. The van der Waals surface area contributed by atoms with Crippen LogP contribution in [0.4, 0.5) is 0 Å². The Morgan fingerprint density at radius 3 is 0.679 bits per heavy atom. The van der Waals surface area contributed by atoms with Crippen molar-refractivity contribution in [1.29, 1.82) is 0 Å². The van der Waals surface area contributed by atoms with Crippen molar-refractivity contribution < 1.29 is 70.9 Å². The Morgan fingerprint density at radius 2 is 0.513 bits per heavy atom. The number of nitrogens with one attached hydrogen (secondary N) is 2. The summed E-state index contributed by atoms with van der Waals surface area (Å²) < 4.78 is 0. The van der Waals surface area contributed by atoms with Crippen molar-refractivity contribution in [1.82, 2.24) is 19.9 Å². The number of aromatic amines is 2. The summed E-state index contributed by atoms with van der Waals surface area (Å²) in [5, 5.41) is -4.25. The minimum atomic E-state index is -0.554. The van der Waals surface area contributed by atoms with Gasteiger partial charge in [0.2, 0.25) is 0 Å². The van der Waals surface area contributed by atoms with Gasteiger partial charge in [-0.25, -0.2) is 9.97 Å². The normalized spacial score (nSPS) is 29.4. The number of aromatic nitrogens is 4. The number of rotatable bonds is 12. The molecule has 0 saturated carbocycles. The van der Waals surface area contributed by atoms with Crippen molar-refractivity contribution in [2.75, 3.05) is 0 Å². The molecule has 6 aliphatic heterocycles. The van der Waals surface area contributed by atoms with Gasteiger partial charge in [-0.1, -0.05) is 146 Å². The zero-order valence-electron chi connectivity index (χ0n) is 45.2. The third-order valence-electron chi connectivity index (χ3n) is 17.6. The second-order valence-corrected chi connectivity index (χ2v) is 23.9. The molecule has 13 rings (SSSR count). The van der Waals surface area contributed by atoms with Crippen LogP contribution >= 0.6 is 0 Å². The Morgan fingerprint density at radius 1 is 0.333 bits per heavy atom. The predicted molar refractivity (Wildman–Crippen MR) is 329 cm³/mol. The van der Waals surface area contributed by atoms with E-state index < -0.39 is 41.7 Å². The van der Waals surface area contributed by atoms with E-state index in [9.17, 15) is 0 Å². The fourth-order valence-electron chi connectivity index (χ4n) is 11.9. The third kappa shape index (κ3) is 10.0. The summed E-state index contributed by atoms with van der Waals surface area (Å²) >= 11 is 0. The molecule has 6 aliphatic rings. The summed E-state index contributed by atoms with van der Waals surface area (Å²) in [6, 6.07) is 43.0. The minimum absolute atomic E-state index is 0. The smallest absolute Gasteiger partial charge is 0.354 e. The van der Waals surface area contributed by atoms with Gasteiger partial charge in [-0.3, -0.25) is 0 Å². The second-order valence-electron chi connectivity index (χ2n) is 23.9. The monoisotopic (exact) mass is 1060 g/mol. The molecule has 78 heavy (non-hydrogen) atoms. The SMILES string of the molecule is [B]C1(C)[B]C1([B])Cc1ccc(-c2c3nc(c(-c4ccc(CC5([B])[B]C5([B])C)cc4)c4ccc([nH]4)c(-c4ccc(CC5([B])[B]C5([B])C)cc4)c4nc(c(-c5ccc(CC6([B])[B]C6([B])C)cc5)c5ccc2[nH]5)C=C4)C=C3)cc1.[K+].[Zn+2]. The van der Waals surface area contributed by atoms with E-state index >= 15 is 0 Å². The van der Waals surface area contributed by atoms with E-state index in [2.05, 4.69) is 156 Å². The van der Waals surface area contributed by atoms with Gasteiger partial charge in [0, 0.05) is 44.3 Å². The molecule has 4 saturated heterocycles. The van der Waals surface area contributed by atoms with E-state index in [-0.39, 0.29) is 70.9 Å². The van der Waals surface area contributed by atoms with Crippen molar-refractivity contribution in [2.24, 2.45) is 0 Å². The first-order valence-corrected chi connectivity index (χ1v) is 26.3. The van der Waals surface area contributed by atoms with Crippen molar-refractivity contribution in [3.05, 3.63) is 166 Å². The summed E-state index contributed by atoms with van der Waals surface area (Å²) in [7, 11) is 60.7. The molecule has 7 aromatic rings. The fraction of sp³-hybridized carbons (Fsp3) is 0.267. The summed E-state index contributed by atoms with van der Waals surface area (Å²) in [4.78, 5) is 18.9. The molecule has 8 bridgehead atoms. The maximum Gasteiger partial charge on any atom is 2.00 e. The molecule has 0 spiro atoms. The summed E-state index contributed by atoms with van der Waals surface area (Å²) in [6.07, 6.45) is 11.0. The van der Waals surface area contributed by atoms with Gasteiger partial charge in [-0.05, 0) is 119 Å². The van der Waals surface area contributed by atoms with Crippen molar-refractivity contribution >= 4 is 138 Å². The van der Waals surface area contributed by atoms with Crippen LogP contribution in [-0.2, 0) is 45.2 Å². The van der Waals surface area contributed by atoms with E-state index in [0.29, 0.717) is 25.7 Å². The number of H-pyrrole nitrogens is 2. The largest absolute Gasteiger partial charge is 2.00 e. The van der Waals surface area contributed by atoms with Gasteiger partial charge < -0.3 is 9.97 Å². The van der Waals surface area contributed by atoms with Crippen molar-refractivity contribution in [3.63, 3.8) is 0 Å². The predicted octanol–water partition coefficient (Wildman–Crippen LogP) is 7.72. The molecule has 8 unspecified atom stereocenters. The van der Waals surface area contributed by atoms with Gasteiger partial charge in [0.25, 0.3) is 0 Å². The van der Waals surface area contributed by atoms with Crippen molar-refractivity contribution in [2.45, 2.75) is 95.1 Å². The first kappa shape index (κ1) is 56.4. The van der Waals surface area contributed by atoms with Crippen LogP contribution in [0.2, 0.25) is 41.7 Å². The van der Waals surface area contributed by atoms with E-state index in [1.165, 1.54) is 0 Å². The molecular formula is C60H46B12KN4Zn+3. The first-order valence-electron chi connectivity index (χ1n) is 26.3. The van der Waals surface area contributed by atoms with Crippen LogP contribution < -0.4 is 51.4 Å². The fourth-order valence-corrected chi connectivity index (χ4v) is 11.9. The quantitative estimate of drug-likeness (QED) is 0.123. The van der Waals surface area contributed by atoms with Crippen molar-refractivity contribution in [3.8, 4) is 44.5 Å². The molecule has 2 N–H and O–H groups in total. The van der Waals surface area contributed by atoms with Gasteiger partial charge in [-0.15, -0.1) is 20.9 Å². The molecule has 9 heterocycles. The molecule has 18 heteroatoms. The maximum absolute atomic E-state index is 6.71. The van der Waals surface area contributed by atoms with Crippen LogP contribution in [-0.4, -0.2) is 112 Å². The van der Waals surface area contributed by atoms with E-state index in [1.807, 2.05) is 56.8 Å². The Hall–Kier alpha value is -3.48. The Bertz CT molecular complexity index is 3320. The molecule has 4 aromatic carbocycles. The van der Waals surface area contributed by atoms with Gasteiger partial charge in [-0.2, -0.15) is 0 Å². The van der Waals surface area contributed by atoms with Crippen LogP contribution in [0.1, 0.15) is 72.7 Å². The minimum Gasteiger partial charge on any atom is -0.354 e. The summed E-state index contributed by atoms with van der Waals surface area (Å²) in [5.74, 6) is 0. The average Bonchev–Trinajstić information content (AvgIpc) is 4.09. The van der Waals surface area contributed by atoms with Gasteiger partial charge >= 0.3 is 70.9 Å². The third-order valence-corrected chi connectivity index (χ3v) is 17.6. The molecule has 4 nitrogen and oxygen atoms in total. The standard InChI is InChI=1S/C60H46B12N4.K.Zn/c1-53(61)57(65,69-53)29-33-5-13-37(14-6-33)49-41-21-23-43(73-41)50(38-15-7-34(8-16-38)30-58(66)54(2,62)70-58)45-25-27-47(75-45)52(40-19-11-36(12-20-40)32-60(68)56(4,64)72-60)48-28-26-46(76-48)51(44-24-22-42(49)74-44)39-17-9-35(10-18-39)31-59(67)55(3,63)71-59;;/h5-28,73,76H,29-32H2,1-4H3;;/q;+1;+2. The number of benzene rings is 4. The van der Waals surface area contributed by atoms with Crippen LogP contribution in [0.5, 0.6) is 0 Å². The summed E-state index contributed by atoms with van der Waals surface area (Å²) in [5.41, 5.74) is 19.0. The average molecular weight is 1060 g/mol. The van der Waals surface area contributed by atoms with E-state index in [1.54, 1.807) is 0 Å². The van der Waals surface area contributed by atoms with Gasteiger partial charge in [0.1, 0.15) is 29.1 Å². The van der Waals surface area contributed by atoms with Gasteiger partial charge in [0.15, 0.2) is 0 Å². The first-order chi connectivity index (χ1) is 35.9. The number of hydrogen-bond donors (Lipinski definition) is 2. The Labute approximate surface area is 529 Å². The zero-order valence-corrected chi connectivity index (χ0v) is 51.3. The van der Waals surface area contributed by atoms with E-state index in [4.69, 9.17) is 72.7 Å². The van der Waals surface area contributed by atoms with E-state index in [0.717, 1.165) is 112 Å². The molecule has 0 amide bonds. The van der Waals surface area contributed by atoms with Gasteiger partial charge in [0.05, 0.1) is 85.5 Å². The number of nitrogens with zero attached hydrogens (tertiary/aromatic N) is 2. The molecule has 20 radical (unpaired) electrons. The Balaban J connectivity index is 0.00000323. The second kappa shape index (κ2) is 19.6. The molecule has 4 fully saturated rings. The molecule has 0 aliphatic carbocycles. The zero-order chi connectivity index (χ0) is 53.0. The molecular weight excluding hydrogens is 1010 g/mol. The van der Waals surface area contributed by atoms with Crippen LogP contribution in [0.3, 0.4) is 0 Å². The summed E-state index contributed by atoms with van der Waals surface area (Å²) in [6.45, 7) is 7.91. The van der Waals surface area contributed by atoms with Crippen LogP contribution in [0.25, 0.3) is 90.9 Å². The molecule has 342 valence electrons. The topological polar surface area (TPSA) is 57.4 Å². The molecule has 3 aromatic heterocycles.